The second-order valence-electron chi connectivity index (χ2n) is 5.22. The van der Waals surface area contributed by atoms with E-state index in [2.05, 4.69) is 14.9 Å². The Hall–Kier alpha value is -1.69. The molecule has 1 aromatic rings. The average molecular weight is 276 g/mol. The van der Waals surface area contributed by atoms with E-state index in [1.165, 1.54) is 0 Å². The van der Waals surface area contributed by atoms with Gasteiger partial charge < -0.3 is 14.5 Å². The van der Waals surface area contributed by atoms with Crippen molar-refractivity contribution in [1.82, 2.24) is 14.9 Å². The second-order valence-corrected chi connectivity index (χ2v) is 5.22. The molecule has 6 heteroatoms. The number of aromatic nitrogens is 2. The maximum atomic E-state index is 12.3. The zero-order valence-electron chi connectivity index (χ0n) is 11.6. The Labute approximate surface area is 118 Å². The minimum atomic E-state index is -0.213. The van der Waals surface area contributed by atoms with Gasteiger partial charge in [0, 0.05) is 45.2 Å². The summed E-state index contributed by atoms with van der Waals surface area (Å²) in [6.45, 7) is 3.90. The lowest BCUT2D eigenvalue weighted by molar-refractivity contribution is -0.140. The Bertz CT molecular complexity index is 448. The molecule has 6 nitrogen and oxygen atoms in total. The Morgan fingerprint density at radius 3 is 2.75 bits per heavy atom. The van der Waals surface area contributed by atoms with Gasteiger partial charge in [0.25, 0.3) is 5.91 Å². The van der Waals surface area contributed by atoms with Crippen LogP contribution in [0.1, 0.15) is 19.3 Å². The monoisotopic (exact) mass is 276 g/mol. The lowest BCUT2D eigenvalue weighted by Gasteiger charge is -2.24. The predicted octanol–water partition coefficient (Wildman–Crippen LogP) is 0.694. The molecule has 2 fully saturated rings. The summed E-state index contributed by atoms with van der Waals surface area (Å²) in [5.41, 5.74) is 0. The van der Waals surface area contributed by atoms with Gasteiger partial charge in [-0.1, -0.05) is 0 Å². The van der Waals surface area contributed by atoms with Crippen LogP contribution in [-0.2, 0) is 9.53 Å². The molecule has 1 amide bonds. The summed E-state index contributed by atoms with van der Waals surface area (Å²) >= 11 is 0. The Balaban J connectivity index is 1.60. The Morgan fingerprint density at radius 1 is 1.15 bits per heavy atom. The van der Waals surface area contributed by atoms with Crippen molar-refractivity contribution in [2.75, 3.05) is 37.7 Å². The van der Waals surface area contributed by atoms with Crippen LogP contribution >= 0.6 is 0 Å². The van der Waals surface area contributed by atoms with Crippen LogP contribution < -0.4 is 4.90 Å². The van der Waals surface area contributed by atoms with Crippen LogP contribution in [-0.4, -0.2) is 59.7 Å². The number of anilines is 1. The molecule has 1 aromatic heterocycles. The molecule has 0 radical (unpaired) electrons. The van der Waals surface area contributed by atoms with Gasteiger partial charge in [0.2, 0.25) is 5.95 Å². The minimum absolute atomic E-state index is 0.151. The molecule has 3 rings (SSSR count). The van der Waals surface area contributed by atoms with Crippen LogP contribution in [0.25, 0.3) is 0 Å². The van der Waals surface area contributed by atoms with Crippen LogP contribution in [0.4, 0.5) is 5.95 Å². The first-order chi connectivity index (χ1) is 9.84. The topological polar surface area (TPSA) is 58.6 Å². The number of nitrogens with zero attached hydrogens (tertiary/aromatic N) is 4. The molecule has 2 aliphatic heterocycles. The van der Waals surface area contributed by atoms with Crippen molar-refractivity contribution < 1.29 is 9.53 Å². The Kier molecular flexibility index (Phi) is 4.11. The summed E-state index contributed by atoms with van der Waals surface area (Å²) in [7, 11) is 0. The number of carbonyl (C=O) groups is 1. The summed E-state index contributed by atoms with van der Waals surface area (Å²) in [5, 5.41) is 0. The third kappa shape index (κ3) is 2.90. The summed E-state index contributed by atoms with van der Waals surface area (Å²) in [5.74, 6) is 0.900. The smallest absolute Gasteiger partial charge is 0.251 e. The van der Waals surface area contributed by atoms with Crippen molar-refractivity contribution in [2.45, 2.75) is 25.4 Å². The zero-order chi connectivity index (χ0) is 13.8. The summed E-state index contributed by atoms with van der Waals surface area (Å²) < 4.78 is 5.49. The van der Waals surface area contributed by atoms with Gasteiger partial charge in [-0.2, -0.15) is 0 Å². The van der Waals surface area contributed by atoms with Gasteiger partial charge in [0.1, 0.15) is 6.10 Å². The van der Waals surface area contributed by atoms with Crippen molar-refractivity contribution in [3.63, 3.8) is 0 Å². The standard InChI is InChI=1S/C14H20N4O2/c19-13(12-4-1-11-20-12)17-7-3-8-18(10-9-17)14-15-5-2-6-16-14/h2,5-6,12H,1,3-4,7-11H2. The fraction of sp³-hybridized carbons (Fsp3) is 0.643. The first-order valence-corrected chi connectivity index (χ1v) is 7.27. The van der Waals surface area contributed by atoms with Gasteiger partial charge in [0.05, 0.1) is 0 Å². The SMILES string of the molecule is O=C(C1CCCO1)N1CCCN(c2ncccn2)CC1. The van der Waals surface area contributed by atoms with Gasteiger partial charge in [-0.15, -0.1) is 0 Å². The van der Waals surface area contributed by atoms with E-state index in [0.717, 1.165) is 51.4 Å². The maximum absolute atomic E-state index is 12.3. The first kappa shape index (κ1) is 13.3. The van der Waals surface area contributed by atoms with Gasteiger partial charge in [-0.25, -0.2) is 9.97 Å². The fourth-order valence-corrected chi connectivity index (χ4v) is 2.77. The van der Waals surface area contributed by atoms with Crippen LogP contribution in [0.3, 0.4) is 0 Å². The number of amides is 1. The van der Waals surface area contributed by atoms with E-state index >= 15 is 0 Å². The summed E-state index contributed by atoms with van der Waals surface area (Å²) in [6.07, 6.45) is 6.09. The van der Waals surface area contributed by atoms with Crippen molar-refractivity contribution in [3.05, 3.63) is 18.5 Å². The molecule has 2 saturated heterocycles. The molecule has 108 valence electrons. The Morgan fingerprint density at radius 2 is 2.00 bits per heavy atom. The lowest BCUT2D eigenvalue weighted by Crippen LogP contribution is -2.41. The molecule has 0 spiro atoms. The third-order valence-corrected chi connectivity index (χ3v) is 3.85. The molecule has 20 heavy (non-hydrogen) atoms. The molecular formula is C14H20N4O2. The van der Waals surface area contributed by atoms with Crippen molar-refractivity contribution >= 4 is 11.9 Å². The quantitative estimate of drug-likeness (QED) is 0.795. The summed E-state index contributed by atoms with van der Waals surface area (Å²) in [4.78, 5) is 25.0. The molecule has 0 saturated carbocycles. The fourth-order valence-electron chi connectivity index (χ4n) is 2.77. The van der Waals surface area contributed by atoms with E-state index < -0.39 is 0 Å². The third-order valence-electron chi connectivity index (χ3n) is 3.85. The average Bonchev–Trinajstić information content (AvgIpc) is 2.92. The second kappa shape index (κ2) is 6.17. The van der Waals surface area contributed by atoms with Gasteiger partial charge in [-0.05, 0) is 25.3 Å². The molecule has 0 aliphatic carbocycles. The van der Waals surface area contributed by atoms with Crippen LogP contribution in [0.15, 0.2) is 18.5 Å². The molecular weight excluding hydrogens is 256 g/mol. The van der Waals surface area contributed by atoms with E-state index in [-0.39, 0.29) is 12.0 Å². The first-order valence-electron chi connectivity index (χ1n) is 7.27. The highest BCUT2D eigenvalue weighted by atomic mass is 16.5. The number of carbonyl (C=O) groups excluding carboxylic acids is 1. The normalized spacial score (nSPS) is 23.7. The van der Waals surface area contributed by atoms with Crippen LogP contribution in [0, 0.1) is 0 Å². The van der Waals surface area contributed by atoms with E-state index in [0.29, 0.717) is 6.61 Å². The van der Waals surface area contributed by atoms with Crippen molar-refractivity contribution in [1.29, 1.82) is 0 Å². The molecule has 2 aliphatic rings. The van der Waals surface area contributed by atoms with Crippen molar-refractivity contribution in [2.24, 2.45) is 0 Å². The van der Waals surface area contributed by atoms with E-state index in [1.807, 2.05) is 11.0 Å². The number of hydrogen-bond acceptors (Lipinski definition) is 5. The molecule has 1 unspecified atom stereocenters. The van der Waals surface area contributed by atoms with Crippen LogP contribution in [0.2, 0.25) is 0 Å². The largest absolute Gasteiger partial charge is 0.368 e. The molecule has 0 aromatic carbocycles. The molecule has 0 N–H and O–H groups in total. The van der Waals surface area contributed by atoms with E-state index in [1.54, 1.807) is 12.4 Å². The van der Waals surface area contributed by atoms with E-state index in [4.69, 9.17) is 4.74 Å². The minimum Gasteiger partial charge on any atom is -0.368 e. The number of ether oxygens (including phenoxy) is 1. The van der Waals surface area contributed by atoms with Gasteiger partial charge >= 0.3 is 0 Å². The highest BCUT2D eigenvalue weighted by molar-refractivity contribution is 5.81. The zero-order valence-corrected chi connectivity index (χ0v) is 11.6. The predicted molar refractivity (Wildman–Crippen MR) is 74.4 cm³/mol. The highest BCUT2D eigenvalue weighted by Crippen LogP contribution is 2.17. The molecule has 0 bridgehead atoms. The number of hydrogen-bond donors (Lipinski definition) is 0. The lowest BCUT2D eigenvalue weighted by atomic mass is 10.2. The van der Waals surface area contributed by atoms with Crippen LogP contribution in [0.5, 0.6) is 0 Å². The van der Waals surface area contributed by atoms with E-state index in [9.17, 15) is 4.79 Å². The molecule has 1 atom stereocenters. The van der Waals surface area contributed by atoms with Crippen molar-refractivity contribution in [3.8, 4) is 0 Å². The molecule has 3 heterocycles. The number of rotatable bonds is 2. The van der Waals surface area contributed by atoms with Gasteiger partial charge in [0.15, 0.2) is 0 Å². The highest BCUT2D eigenvalue weighted by Gasteiger charge is 2.29. The maximum Gasteiger partial charge on any atom is 0.251 e. The summed E-state index contributed by atoms with van der Waals surface area (Å²) in [6, 6.07) is 1.81. The van der Waals surface area contributed by atoms with Gasteiger partial charge in [-0.3, -0.25) is 4.79 Å².